The van der Waals surface area contributed by atoms with E-state index in [1.165, 1.54) is 13.8 Å². The molecule has 0 aromatic carbocycles. The molecular weight excluding hydrogens is 776 g/mol. The van der Waals surface area contributed by atoms with Gasteiger partial charge in [-0.15, -0.1) is 0 Å². The lowest BCUT2D eigenvalue weighted by Crippen LogP contribution is -2.68. The summed E-state index contributed by atoms with van der Waals surface area (Å²) in [5.41, 5.74) is 0. The van der Waals surface area contributed by atoms with Gasteiger partial charge in [-0.3, -0.25) is 0 Å². The molecule has 26 heteroatoms. The molecule has 0 amide bonds. The van der Waals surface area contributed by atoms with E-state index in [0.717, 1.165) is 0 Å². The van der Waals surface area contributed by atoms with Gasteiger partial charge in [-0.05, 0) is 13.8 Å². The molecule has 0 aromatic rings. The molecule has 5 heterocycles. The minimum atomic E-state index is -2.30. The molecule has 0 bridgehead atoms. The quantitative estimate of drug-likeness (QED) is 0.0919. The molecule has 0 aliphatic carbocycles. The maximum Gasteiger partial charge on any atom is 0.335 e. The fourth-order valence-corrected chi connectivity index (χ4v) is 6.86. The number of rotatable bonds is 11. The van der Waals surface area contributed by atoms with Gasteiger partial charge in [-0.25, -0.2) is 9.59 Å². The first-order chi connectivity index (χ1) is 26.2. The van der Waals surface area contributed by atoms with Gasteiger partial charge in [-0.2, -0.15) is 0 Å². The highest BCUT2D eigenvalue weighted by atomic mass is 16.8. The van der Waals surface area contributed by atoms with Gasteiger partial charge in [0.2, 0.25) is 0 Å². The highest BCUT2D eigenvalue weighted by Crippen LogP contribution is 2.36. The Bertz CT molecular complexity index is 1330. The zero-order chi connectivity index (χ0) is 41.7. The molecule has 5 rings (SSSR count). The van der Waals surface area contributed by atoms with Gasteiger partial charge in [-0.1, -0.05) is 0 Å². The third kappa shape index (κ3) is 8.82. The number of hydrogen-bond donors (Lipinski definition) is 15. The summed E-state index contributed by atoms with van der Waals surface area (Å²) in [6, 6.07) is 0. The van der Waals surface area contributed by atoms with E-state index < -0.39 is 172 Å². The van der Waals surface area contributed by atoms with Crippen molar-refractivity contribution in [2.45, 2.75) is 167 Å². The molecule has 5 aliphatic heterocycles. The second-order valence-corrected chi connectivity index (χ2v) is 14.0. The van der Waals surface area contributed by atoms with Crippen LogP contribution in [0.15, 0.2) is 0 Å². The van der Waals surface area contributed by atoms with Crippen LogP contribution in [0, 0.1) is 0 Å². The van der Waals surface area contributed by atoms with Crippen LogP contribution in [0.5, 0.6) is 0 Å². The molecule has 15 N–H and O–H groups in total. The van der Waals surface area contributed by atoms with E-state index in [2.05, 4.69) is 0 Å². The van der Waals surface area contributed by atoms with Crippen molar-refractivity contribution in [1.29, 1.82) is 0 Å². The summed E-state index contributed by atoms with van der Waals surface area (Å²) >= 11 is 0. The Morgan fingerprint density at radius 3 is 1.41 bits per heavy atom. The number of carboxylic acid groups (broad SMARTS) is 2. The summed E-state index contributed by atoms with van der Waals surface area (Å²) < 4.78 is 48.7. The minimum absolute atomic E-state index is 0.800. The van der Waals surface area contributed by atoms with E-state index in [0.29, 0.717) is 0 Å². The highest BCUT2D eigenvalue weighted by Gasteiger charge is 2.57. The molecule has 5 aliphatic rings. The van der Waals surface area contributed by atoms with Crippen molar-refractivity contribution in [2.75, 3.05) is 6.61 Å². The minimum Gasteiger partial charge on any atom is -0.479 e. The van der Waals surface area contributed by atoms with Crippen molar-refractivity contribution in [2.24, 2.45) is 0 Å². The predicted octanol–water partition coefficient (Wildman–Crippen LogP) is -9.68. The van der Waals surface area contributed by atoms with Gasteiger partial charge < -0.3 is 119 Å². The van der Waals surface area contributed by atoms with Gasteiger partial charge >= 0.3 is 11.9 Å². The smallest absolute Gasteiger partial charge is 0.335 e. The van der Waals surface area contributed by atoms with Crippen molar-refractivity contribution >= 4 is 11.9 Å². The Kier molecular flexibility index (Phi) is 14.6. The largest absolute Gasteiger partial charge is 0.479 e. The summed E-state index contributed by atoms with van der Waals surface area (Å²) in [6.07, 6.45) is -48.5. The van der Waals surface area contributed by atoms with Gasteiger partial charge in [0.1, 0.15) is 97.7 Å². The molecule has 5 fully saturated rings. The molecule has 0 aromatic heterocycles. The van der Waals surface area contributed by atoms with Crippen LogP contribution in [-0.4, -0.2) is 249 Å². The molecular formula is C30H48O26. The van der Waals surface area contributed by atoms with Crippen LogP contribution >= 0.6 is 0 Å². The average molecular weight is 825 g/mol. The van der Waals surface area contributed by atoms with Gasteiger partial charge in [0.05, 0.1) is 18.8 Å². The number of hydrogen-bond acceptors (Lipinski definition) is 24. The van der Waals surface area contributed by atoms with Gasteiger partial charge in [0.25, 0.3) is 0 Å². The van der Waals surface area contributed by atoms with Crippen LogP contribution in [0.25, 0.3) is 0 Å². The fourth-order valence-electron chi connectivity index (χ4n) is 6.86. The molecule has 5 saturated heterocycles. The molecule has 0 spiro atoms. The standard InChI is InChI=1S/C30H48O26/c1-4-7(32)10(35)21(30(48-4)54-19-11(36)14(39)26(47)51-22(19)24(43)44)55-29-17(42)13(38)20(23(56-29)25(45)46)53-27-16(41)12(37)18(5(2)49-27)52-28-15(40)9(34)8(33)6(3-31)50-28/h4-23,26-42,47H,3H2,1-2H3,(H,43,44)(H,45,46)/t4-,5-,6+,7-,8-,9-,10+,11+,12-,13+,14+,15+,16+,17+,18-,19+,20+,21+,22-,23-,26?,27-,28-,29-,30-/m0/s1. The van der Waals surface area contributed by atoms with Crippen molar-refractivity contribution in [1.82, 2.24) is 0 Å². The van der Waals surface area contributed by atoms with Crippen molar-refractivity contribution in [3.05, 3.63) is 0 Å². The van der Waals surface area contributed by atoms with Crippen LogP contribution < -0.4 is 0 Å². The topological polar surface area (TPSA) is 421 Å². The van der Waals surface area contributed by atoms with Crippen LogP contribution in [0.2, 0.25) is 0 Å². The summed E-state index contributed by atoms with van der Waals surface area (Å²) in [6.45, 7) is 1.71. The maximum atomic E-state index is 12.4. The third-order valence-electron chi connectivity index (χ3n) is 10.2. The molecule has 56 heavy (non-hydrogen) atoms. The first kappa shape index (κ1) is 45.1. The van der Waals surface area contributed by atoms with Crippen molar-refractivity contribution < 1.29 is 129 Å². The first-order valence-corrected chi connectivity index (χ1v) is 17.3. The fraction of sp³-hybridized carbons (Fsp3) is 0.933. The number of carboxylic acids is 2. The molecule has 324 valence electrons. The lowest BCUT2D eigenvalue weighted by molar-refractivity contribution is -0.392. The number of aliphatic hydroxyl groups excluding tert-OH is 13. The van der Waals surface area contributed by atoms with E-state index in [1.807, 2.05) is 0 Å². The Balaban J connectivity index is 1.29. The summed E-state index contributed by atoms with van der Waals surface area (Å²) in [7, 11) is 0. The SMILES string of the molecule is C[C@@H]1O[C@@H](O[C@@H]2[C@H](O)[C@@H](O)C(O)O[C@@H]2C(=O)O)[C@H](O[C@H]2O[C@H](C(=O)O)[C@H](O[C@@H]3O[C@@H](C)[C@H](O[C@@H]4O[C@H](CO)[C@H](O)[C@H](O)[C@H]4O)[C@@H](O)[C@H]3O)[C@H](O)[C@H]2O)[C@H](O)[C@H]1O. The molecule has 1 unspecified atom stereocenters. The Labute approximate surface area is 315 Å². The van der Waals surface area contributed by atoms with E-state index in [4.69, 9.17) is 42.6 Å². The van der Waals surface area contributed by atoms with Gasteiger partial charge in [0, 0.05) is 0 Å². The lowest BCUT2D eigenvalue weighted by atomic mass is 9.95. The summed E-state index contributed by atoms with van der Waals surface area (Å²) in [5.74, 6) is -3.64. The van der Waals surface area contributed by atoms with E-state index >= 15 is 0 Å². The lowest BCUT2D eigenvalue weighted by Gasteiger charge is -2.49. The Hall–Kier alpha value is -1.94. The van der Waals surface area contributed by atoms with Crippen LogP contribution in [0.3, 0.4) is 0 Å². The zero-order valence-corrected chi connectivity index (χ0v) is 29.3. The monoisotopic (exact) mass is 824 g/mol. The Morgan fingerprint density at radius 1 is 0.429 bits per heavy atom. The predicted molar refractivity (Wildman–Crippen MR) is 165 cm³/mol. The van der Waals surface area contributed by atoms with Gasteiger partial charge in [0.15, 0.2) is 43.7 Å². The molecule has 0 saturated carbocycles. The highest BCUT2D eigenvalue weighted by molar-refractivity contribution is 5.74. The van der Waals surface area contributed by atoms with E-state index in [-0.39, 0.29) is 0 Å². The second kappa shape index (κ2) is 18.1. The summed E-state index contributed by atoms with van der Waals surface area (Å²) in [4.78, 5) is 24.2. The normalized spacial score (nSPS) is 53.0. The number of ether oxygens (including phenoxy) is 9. The molecule has 25 atom stereocenters. The average Bonchev–Trinajstić information content (AvgIpc) is 3.15. The van der Waals surface area contributed by atoms with Crippen molar-refractivity contribution in [3.63, 3.8) is 0 Å². The van der Waals surface area contributed by atoms with Crippen LogP contribution in [0.1, 0.15) is 13.8 Å². The number of aliphatic carboxylic acids is 2. The van der Waals surface area contributed by atoms with Crippen molar-refractivity contribution in [3.8, 4) is 0 Å². The van der Waals surface area contributed by atoms with E-state index in [1.54, 1.807) is 0 Å². The Morgan fingerprint density at radius 2 is 0.839 bits per heavy atom. The van der Waals surface area contributed by atoms with Crippen LogP contribution in [-0.2, 0) is 52.2 Å². The zero-order valence-electron chi connectivity index (χ0n) is 29.3. The maximum absolute atomic E-state index is 12.4. The summed E-state index contributed by atoms with van der Waals surface area (Å²) in [5, 5.41) is 155. The van der Waals surface area contributed by atoms with Crippen LogP contribution in [0.4, 0.5) is 0 Å². The molecule has 0 radical (unpaired) electrons. The first-order valence-electron chi connectivity index (χ1n) is 17.3. The van der Waals surface area contributed by atoms with E-state index in [9.17, 15) is 86.2 Å². The second-order valence-electron chi connectivity index (χ2n) is 14.0. The third-order valence-corrected chi connectivity index (χ3v) is 10.2. The molecule has 26 nitrogen and oxygen atoms in total. The number of aliphatic hydroxyl groups is 13. The number of carbonyl (C=O) groups is 2.